The van der Waals surface area contributed by atoms with Gasteiger partial charge in [-0.3, -0.25) is 0 Å². The molecule has 0 amide bonds. The van der Waals surface area contributed by atoms with Crippen molar-refractivity contribution in [1.29, 1.82) is 0 Å². The molecule has 0 saturated heterocycles. The van der Waals surface area contributed by atoms with E-state index in [1.807, 2.05) is 6.92 Å². The Hall–Kier alpha value is -0.640. The van der Waals surface area contributed by atoms with E-state index in [0.717, 1.165) is 11.5 Å². The van der Waals surface area contributed by atoms with Crippen LogP contribution in [0.1, 0.15) is 6.92 Å². The summed E-state index contributed by atoms with van der Waals surface area (Å²) in [6.07, 6.45) is 2.68. The van der Waals surface area contributed by atoms with E-state index in [9.17, 15) is 0 Å². The van der Waals surface area contributed by atoms with Crippen molar-refractivity contribution in [3.8, 4) is 0 Å². The Kier molecular flexibility index (Phi) is 1.80. The average molecular weight is 128 g/mol. The van der Waals surface area contributed by atoms with Gasteiger partial charge in [0.1, 0.15) is 5.00 Å². The van der Waals surface area contributed by atoms with Crippen LogP contribution in [0.5, 0.6) is 0 Å². The van der Waals surface area contributed by atoms with Crippen molar-refractivity contribution >= 4 is 16.5 Å². The number of aromatic nitrogens is 2. The van der Waals surface area contributed by atoms with Gasteiger partial charge in [-0.15, -0.1) is 5.10 Å². The van der Waals surface area contributed by atoms with Crippen molar-refractivity contribution in [1.82, 2.24) is 9.59 Å². The van der Waals surface area contributed by atoms with Gasteiger partial charge >= 0.3 is 0 Å². The predicted octanol–water partition coefficient (Wildman–Crippen LogP) is 0.770. The number of rotatable bonds is 2. The molecule has 1 aromatic rings. The van der Waals surface area contributed by atoms with Crippen LogP contribution in [0, 0.1) is 6.20 Å². The van der Waals surface area contributed by atoms with Crippen molar-refractivity contribution in [3.05, 3.63) is 6.20 Å². The fraction of sp³-hybridized carbons (Fsp3) is 0.500. The molecular formula is C4H6N3S. The number of nitrogens with one attached hydrogen (secondary N) is 1. The van der Waals surface area contributed by atoms with Crippen molar-refractivity contribution in [3.63, 3.8) is 0 Å². The van der Waals surface area contributed by atoms with Gasteiger partial charge in [0.25, 0.3) is 0 Å². The van der Waals surface area contributed by atoms with Crippen LogP contribution >= 0.6 is 11.5 Å². The maximum absolute atomic E-state index is 3.61. The van der Waals surface area contributed by atoms with Gasteiger partial charge in [0.15, 0.2) is 6.20 Å². The fourth-order valence-electron chi connectivity index (χ4n) is 0.380. The zero-order valence-electron chi connectivity index (χ0n) is 4.51. The van der Waals surface area contributed by atoms with Crippen LogP contribution in [0.15, 0.2) is 0 Å². The molecule has 4 heteroatoms. The summed E-state index contributed by atoms with van der Waals surface area (Å²) in [4.78, 5) is 0. The highest BCUT2D eigenvalue weighted by atomic mass is 32.1. The Morgan fingerprint density at radius 3 is 3.25 bits per heavy atom. The van der Waals surface area contributed by atoms with Gasteiger partial charge in [-0.2, -0.15) is 0 Å². The number of hydrogen-bond donors (Lipinski definition) is 1. The van der Waals surface area contributed by atoms with E-state index >= 15 is 0 Å². The van der Waals surface area contributed by atoms with Crippen molar-refractivity contribution in [2.75, 3.05) is 11.9 Å². The topological polar surface area (TPSA) is 37.8 Å². The molecule has 0 bridgehead atoms. The first kappa shape index (κ1) is 5.50. The lowest BCUT2D eigenvalue weighted by atomic mass is 10.7. The van der Waals surface area contributed by atoms with Gasteiger partial charge in [-0.1, -0.05) is 4.49 Å². The lowest BCUT2D eigenvalue weighted by Crippen LogP contribution is -1.92. The quantitative estimate of drug-likeness (QED) is 0.639. The van der Waals surface area contributed by atoms with Crippen molar-refractivity contribution < 1.29 is 0 Å². The normalized spacial score (nSPS) is 9.12. The molecule has 1 radical (unpaired) electrons. The molecule has 0 spiro atoms. The number of nitrogens with zero attached hydrogens (tertiary/aromatic N) is 2. The SMILES string of the molecule is CCNc1[c]nns1. The monoisotopic (exact) mass is 128 g/mol. The molecule has 0 saturated carbocycles. The first-order chi connectivity index (χ1) is 3.93. The average Bonchev–Trinajstić information content (AvgIpc) is 2.19. The molecule has 1 rings (SSSR count). The third-order valence-electron chi connectivity index (χ3n) is 0.662. The minimum Gasteiger partial charge on any atom is -0.374 e. The second-order valence-electron chi connectivity index (χ2n) is 1.24. The van der Waals surface area contributed by atoms with Crippen LogP contribution in [0.3, 0.4) is 0 Å². The first-order valence-electron chi connectivity index (χ1n) is 2.37. The Morgan fingerprint density at radius 2 is 2.75 bits per heavy atom. The van der Waals surface area contributed by atoms with Crippen LogP contribution in [-0.2, 0) is 0 Å². The largest absolute Gasteiger partial charge is 0.374 e. The molecule has 8 heavy (non-hydrogen) atoms. The molecule has 0 aliphatic carbocycles. The maximum Gasteiger partial charge on any atom is 0.152 e. The molecule has 3 nitrogen and oxygen atoms in total. The summed E-state index contributed by atoms with van der Waals surface area (Å²) >= 11 is 1.32. The van der Waals surface area contributed by atoms with E-state index in [0.29, 0.717) is 0 Å². The van der Waals surface area contributed by atoms with E-state index in [1.54, 1.807) is 0 Å². The van der Waals surface area contributed by atoms with Gasteiger partial charge in [0.2, 0.25) is 0 Å². The lowest BCUT2D eigenvalue weighted by molar-refractivity contribution is 1.14. The molecule has 0 atom stereocenters. The predicted molar refractivity (Wildman–Crippen MR) is 32.9 cm³/mol. The Morgan fingerprint density at radius 1 is 1.88 bits per heavy atom. The number of hydrogen-bond acceptors (Lipinski definition) is 4. The Balaban J connectivity index is 2.50. The first-order valence-corrected chi connectivity index (χ1v) is 3.14. The fourth-order valence-corrected chi connectivity index (χ4v) is 0.834. The molecule has 0 aliphatic heterocycles. The molecule has 1 N–H and O–H groups in total. The van der Waals surface area contributed by atoms with Gasteiger partial charge < -0.3 is 5.32 Å². The van der Waals surface area contributed by atoms with Gasteiger partial charge in [0, 0.05) is 18.1 Å². The zero-order chi connectivity index (χ0) is 5.82. The van der Waals surface area contributed by atoms with Crippen LogP contribution in [-0.4, -0.2) is 16.1 Å². The van der Waals surface area contributed by atoms with E-state index in [4.69, 9.17) is 0 Å². The second-order valence-corrected chi connectivity index (χ2v) is 2.00. The Labute approximate surface area is 51.9 Å². The maximum atomic E-state index is 3.61. The third kappa shape index (κ3) is 1.16. The second kappa shape index (κ2) is 2.61. The summed E-state index contributed by atoms with van der Waals surface area (Å²) in [6.45, 7) is 2.92. The minimum atomic E-state index is 0.903. The standard InChI is InChI=1S/C4H6N3S/c1-2-5-4-3-6-7-8-4/h5H,2H2,1H3. The number of anilines is 1. The molecule has 0 aromatic carbocycles. The third-order valence-corrected chi connectivity index (χ3v) is 1.24. The highest BCUT2D eigenvalue weighted by molar-refractivity contribution is 7.09. The summed E-state index contributed by atoms with van der Waals surface area (Å²) in [5.41, 5.74) is 0. The van der Waals surface area contributed by atoms with E-state index in [2.05, 4.69) is 21.1 Å². The van der Waals surface area contributed by atoms with Crippen LogP contribution in [0.4, 0.5) is 5.00 Å². The van der Waals surface area contributed by atoms with Gasteiger partial charge in [-0.25, -0.2) is 0 Å². The van der Waals surface area contributed by atoms with E-state index in [1.165, 1.54) is 11.5 Å². The van der Waals surface area contributed by atoms with Crippen LogP contribution < -0.4 is 5.32 Å². The Bertz CT molecular complexity index is 137. The zero-order valence-corrected chi connectivity index (χ0v) is 5.33. The van der Waals surface area contributed by atoms with Crippen LogP contribution in [0.25, 0.3) is 0 Å². The van der Waals surface area contributed by atoms with Crippen molar-refractivity contribution in [2.24, 2.45) is 0 Å². The molecule has 1 aromatic heterocycles. The van der Waals surface area contributed by atoms with Crippen molar-refractivity contribution in [2.45, 2.75) is 6.92 Å². The van der Waals surface area contributed by atoms with Crippen LogP contribution in [0.2, 0.25) is 0 Å². The summed E-state index contributed by atoms with van der Waals surface area (Å²) in [5.74, 6) is 0. The summed E-state index contributed by atoms with van der Waals surface area (Å²) < 4.78 is 3.61. The molecule has 1 heterocycles. The van der Waals surface area contributed by atoms with Gasteiger partial charge in [0.05, 0.1) is 0 Å². The highest BCUT2D eigenvalue weighted by Crippen LogP contribution is 2.06. The summed E-state index contributed by atoms with van der Waals surface area (Å²) in [6, 6.07) is 0. The van der Waals surface area contributed by atoms with E-state index < -0.39 is 0 Å². The molecule has 0 fully saturated rings. The smallest absolute Gasteiger partial charge is 0.152 e. The molecule has 43 valence electrons. The minimum absolute atomic E-state index is 0.903. The van der Waals surface area contributed by atoms with Gasteiger partial charge in [-0.05, 0) is 6.92 Å². The molecule has 0 aliphatic rings. The molecule has 0 unspecified atom stereocenters. The lowest BCUT2D eigenvalue weighted by Gasteiger charge is -1.90. The molecular weight excluding hydrogens is 122 g/mol. The summed E-state index contributed by atoms with van der Waals surface area (Å²) in [5, 5.41) is 7.46. The highest BCUT2D eigenvalue weighted by Gasteiger charge is 1.89. The van der Waals surface area contributed by atoms with E-state index in [-0.39, 0.29) is 0 Å². The summed E-state index contributed by atoms with van der Waals surface area (Å²) in [7, 11) is 0.